The Morgan fingerprint density at radius 3 is 2.28 bits per heavy atom. The topological polar surface area (TPSA) is 73.5 Å². The number of aromatic nitrogens is 2. The van der Waals surface area contributed by atoms with Crippen molar-refractivity contribution in [2.75, 3.05) is 18.6 Å². The van der Waals surface area contributed by atoms with Gasteiger partial charge in [-0.1, -0.05) is 19.4 Å². The summed E-state index contributed by atoms with van der Waals surface area (Å²) in [7, 11) is 1.56. The van der Waals surface area contributed by atoms with Gasteiger partial charge in [-0.05, 0) is 44.1 Å². The second kappa shape index (κ2) is 9.65. The van der Waals surface area contributed by atoms with Crippen LogP contribution in [-0.2, 0) is 6.42 Å². The number of methoxy groups -OCH3 is 1. The van der Waals surface area contributed by atoms with Crippen molar-refractivity contribution in [3.63, 3.8) is 0 Å². The fourth-order valence-electron chi connectivity index (χ4n) is 3.31. The number of anilines is 1. The van der Waals surface area contributed by atoms with Crippen molar-refractivity contribution in [3.05, 3.63) is 40.4 Å². The van der Waals surface area contributed by atoms with Crippen LogP contribution in [0.3, 0.4) is 0 Å². The van der Waals surface area contributed by atoms with E-state index in [0.717, 1.165) is 12.8 Å². The van der Waals surface area contributed by atoms with Crippen LogP contribution in [0.5, 0.6) is 5.75 Å². The molecule has 0 saturated heterocycles. The lowest BCUT2D eigenvalue weighted by atomic mass is 10.1. The number of benzene rings is 1. The van der Waals surface area contributed by atoms with Crippen molar-refractivity contribution in [3.8, 4) is 5.75 Å². The maximum Gasteiger partial charge on any atom is 0.277 e. The van der Waals surface area contributed by atoms with Gasteiger partial charge in [0, 0.05) is 32.1 Å². The molecule has 2 rings (SSSR count). The van der Waals surface area contributed by atoms with E-state index in [0.29, 0.717) is 30.1 Å². The third-order valence-corrected chi connectivity index (χ3v) is 5.04. The summed E-state index contributed by atoms with van der Waals surface area (Å²) in [6.45, 7) is 6.95. The number of imidazole rings is 1. The molecule has 1 amide bonds. The Balaban J connectivity index is 2.73. The number of unbranched alkanes of at least 4 members (excludes halogenated alkanes) is 1. The van der Waals surface area contributed by atoms with Gasteiger partial charge in [0.1, 0.15) is 11.4 Å². The average molecular weight is 418 g/mol. The first kappa shape index (κ1) is 22.5. The molecule has 2 aromatic rings. The van der Waals surface area contributed by atoms with Crippen LogP contribution in [0.2, 0.25) is 0 Å². The zero-order valence-electron chi connectivity index (χ0n) is 17.5. The lowest BCUT2D eigenvalue weighted by Gasteiger charge is -2.22. The quantitative estimate of drug-likeness (QED) is 0.626. The van der Waals surface area contributed by atoms with Crippen LogP contribution in [0, 0.1) is 4.77 Å². The van der Waals surface area contributed by atoms with Crippen LogP contribution in [0.15, 0.2) is 24.3 Å². The predicted octanol–water partition coefficient (Wildman–Crippen LogP) is 4.36. The predicted molar refractivity (Wildman–Crippen MR) is 115 cm³/mol. The van der Waals surface area contributed by atoms with Crippen LogP contribution < -0.4 is 9.64 Å². The van der Waals surface area contributed by atoms with E-state index >= 15 is 0 Å². The van der Waals surface area contributed by atoms with Crippen LogP contribution in [0.25, 0.3) is 0 Å². The van der Waals surface area contributed by atoms with Gasteiger partial charge in [-0.3, -0.25) is 19.0 Å². The number of nitrogens with zero attached hydrogens (tertiary/aromatic N) is 3. The van der Waals surface area contributed by atoms with Crippen LogP contribution in [-0.4, -0.2) is 40.5 Å². The summed E-state index contributed by atoms with van der Waals surface area (Å²) in [4.78, 5) is 39.8. The monoisotopic (exact) mass is 417 g/mol. The summed E-state index contributed by atoms with van der Waals surface area (Å²) in [5.41, 5.74) is 1.26. The van der Waals surface area contributed by atoms with Crippen LogP contribution in [0.1, 0.15) is 66.3 Å². The highest BCUT2D eigenvalue weighted by Crippen LogP contribution is 2.25. The lowest BCUT2D eigenvalue weighted by Crippen LogP contribution is -2.34. The minimum absolute atomic E-state index is 0.0288. The number of carbonyl (C=O) groups is 3. The molecule has 0 N–H and O–H groups in total. The number of carbonyl (C=O) groups excluding carboxylic acids is 3. The van der Waals surface area contributed by atoms with Gasteiger partial charge in [-0.2, -0.15) is 0 Å². The van der Waals surface area contributed by atoms with E-state index in [4.69, 9.17) is 17.0 Å². The fourth-order valence-corrected chi connectivity index (χ4v) is 3.76. The van der Waals surface area contributed by atoms with E-state index < -0.39 is 5.91 Å². The van der Waals surface area contributed by atoms with Crippen LogP contribution >= 0.6 is 12.2 Å². The minimum Gasteiger partial charge on any atom is -0.497 e. The number of hydrogen-bond acceptors (Lipinski definition) is 5. The molecule has 8 heteroatoms. The molecule has 0 aliphatic heterocycles. The summed E-state index contributed by atoms with van der Waals surface area (Å²) in [5.74, 6) is -0.491. The molecule has 0 atom stereocenters. The van der Waals surface area contributed by atoms with E-state index in [2.05, 4.69) is 0 Å². The Bertz CT molecular complexity index is 990. The molecule has 1 aromatic carbocycles. The molecule has 0 spiro atoms. The van der Waals surface area contributed by atoms with Crippen molar-refractivity contribution in [1.82, 2.24) is 9.13 Å². The first-order valence-corrected chi connectivity index (χ1v) is 10.0. The summed E-state index contributed by atoms with van der Waals surface area (Å²) >= 11 is 5.40. The number of rotatable bonds is 7. The van der Waals surface area contributed by atoms with Crippen molar-refractivity contribution in [2.45, 2.75) is 47.0 Å². The second-order valence-electron chi connectivity index (χ2n) is 6.64. The van der Waals surface area contributed by atoms with Gasteiger partial charge >= 0.3 is 0 Å². The summed E-state index contributed by atoms with van der Waals surface area (Å²) < 4.78 is 7.77. The maximum absolute atomic E-state index is 13.6. The molecule has 156 valence electrons. The Hall–Kier alpha value is -2.74. The van der Waals surface area contributed by atoms with E-state index in [-0.39, 0.29) is 22.3 Å². The Labute approximate surface area is 175 Å². The molecule has 29 heavy (non-hydrogen) atoms. The van der Waals surface area contributed by atoms with Crippen molar-refractivity contribution >= 4 is 35.6 Å². The zero-order valence-corrected chi connectivity index (χ0v) is 18.3. The Morgan fingerprint density at radius 2 is 1.76 bits per heavy atom. The summed E-state index contributed by atoms with van der Waals surface area (Å²) in [5, 5.41) is 0. The number of ether oxygens (including phenoxy) is 1. The SMILES string of the molecule is CCCCc1c(C(=O)N(CC)c2cccc(OC)c2)n(C(C)=O)c(=S)n1C(C)=O. The normalized spacial score (nSPS) is 10.7. The highest BCUT2D eigenvalue weighted by atomic mass is 32.1. The van der Waals surface area contributed by atoms with E-state index in [1.54, 1.807) is 36.3 Å². The molecular weight excluding hydrogens is 390 g/mol. The lowest BCUT2D eigenvalue weighted by molar-refractivity contribution is 0.0898. The third kappa shape index (κ3) is 4.48. The minimum atomic E-state index is -0.405. The highest BCUT2D eigenvalue weighted by Gasteiger charge is 2.30. The van der Waals surface area contributed by atoms with E-state index in [1.165, 1.54) is 23.0 Å². The summed E-state index contributed by atoms with van der Waals surface area (Å²) in [6.07, 6.45) is 2.10. The van der Waals surface area contributed by atoms with Gasteiger partial charge in [-0.25, -0.2) is 4.57 Å². The first-order valence-electron chi connectivity index (χ1n) is 9.62. The molecule has 1 aromatic heterocycles. The standard InChI is InChI=1S/C21H27N3O4S/c1-6-8-12-18-19(24(15(4)26)21(29)23(18)14(3)25)20(27)22(7-2)16-10-9-11-17(13-16)28-5/h9-11,13H,6-8,12H2,1-5H3. The molecule has 0 aliphatic carbocycles. The highest BCUT2D eigenvalue weighted by molar-refractivity contribution is 7.71. The van der Waals surface area contributed by atoms with Gasteiger partial charge in [-0.15, -0.1) is 0 Å². The fraction of sp³-hybridized carbons (Fsp3) is 0.429. The largest absolute Gasteiger partial charge is 0.497 e. The van der Waals surface area contributed by atoms with Crippen LogP contribution in [0.4, 0.5) is 5.69 Å². The Morgan fingerprint density at radius 1 is 1.10 bits per heavy atom. The molecule has 0 unspecified atom stereocenters. The molecule has 1 heterocycles. The molecule has 0 aliphatic rings. The third-order valence-electron chi connectivity index (χ3n) is 4.68. The van der Waals surface area contributed by atoms with Gasteiger partial charge in [0.15, 0.2) is 4.77 Å². The van der Waals surface area contributed by atoms with Gasteiger partial charge < -0.3 is 9.64 Å². The van der Waals surface area contributed by atoms with Crippen molar-refractivity contribution < 1.29 is 19.1 Å². The maximum atomic E-state index is 13.6. The molecule has 0 fully saturated rings. The van der Waals surface area contributed by atoms with Gasteiger partial charge in [0.05, 0.1) is 12.8 Å². The zero-order chi connectivity index (χ0) is 21.7. The molecular formula is C21H27N3O4S. The van der Waals surface area contributed by atoms with E-state index in [1.807, 2.05) is 13.8 Å². The van der Waals surface area contributed by atoms with Gasteiger partial charge in [0.2, 0.25) is 11.8 Å². The second-order valence-corrected chi connectivity index (χ2v) is 7.01. The number of amides is 1. The average Bonchev–Trinajstić information content (AvgIpc) is 2.99. The van der Waals surface area contributed by atoms with Crippen molar-refractivity contribution in [2.24, 2.45) is 0 Å². The Kier molecular flexibility index (Phi) is 7.50. The summed E-state index contributed by atoms with van der Waals surface area (Å²) in [6, 6.07) is 7.13. The first-order chi connectivity index (χ1) is 13.8. The van der Waals surface area contributed by atoms with Crippen molar-refractivity contribution in [1.29, 1.82) is 0 Å². The smallest absolute Gasteiger partial charge is 0.277 e. The number of hydrogen-bond donors (Lipinski definition) is 0. The van der Waals surface area contributed by atoms with Gasteiger partial charge in [0.25, 0.3) is 5.91 Å². The molecule has 0 radical (unpaired) electrons. The molecule has 7 nitrogen and oxygen atoms in total. The molecule has 0 saturated carbocycles. The van der Waals surface area contributed by atoms with E-state index in [9.17, 15) is 14.4 Å². The molecule has 0 bridgehead atoms.